The van der Waals surface area contributed by atoms with E-state index >= 15 is 0 Å². The van der Waals surface area contributed by atoms with Gasteiger partial charge in [-0.3, -0.25) is 9.69 Å². The van der Waals surface area contributed by atoms with Crippen LogP contribution in [-0.2, 0) is 11.3 Å². The van der Waals surface area contributed by atoms with E-state index in [4.69, 9.17) is 16.7 Å². The average Bonchev–Trinajstić information content (AvgIpc) is 2.37. The molecule has 2 atom stereocenters. The van der Waals surface area contributed by atoms with Crippen LogP contribution in [-0.4, -0.2) is 28.6 Å². The first-order valence-electron chi connectivity index (χ1n) is 6.38. The lowest BCUT2D eigenvalue weighted by Crippen LogP contribution is -2.43. The number of piperidine rings is 1. The number of nitrogens with zero attached hydrogens (tertiary/aromatic N) is 1. The fourth-order valence-electron chi connectivity index (χ4n) is 2.49. The normalized spacial score (nSPS) is 24.4. The first kappa shape index (κ1) is 14.3. The molecular formula is C14H17ClFNO2. The molecule has 1 N–H and O–H groups in total. The molecule has 1 saturated heterocycles. The van der Waals surface area contributed by atoms with Crippen LogP contribution in [0.4, 0.5) is 4.39 Å². The topological polar surface area (TPSA) is 40.5 Å². The molecule has 1 aromatic rings. The molecule has 2 unspecified atom stereocenters. The quantitative estimate of drug-likeness (QED) is 0.927. The van der Waals surface area contributed by atoms with Gasteiger partial charge >= 0.3 is 5.97 Å². The maximum absolute atomic E-state index is 13.9. The van der Waals surface area contributed by atoms with E-state index in [1.807, 2.05) is 11.8 Å². The minimum absolute atomic E-state index is 0.108. The summed E-state index contributed by atoms with van der Waals surface area (Å²) in [5.41, 5.74) is 0.519. The lowest BCUT2D eigenvalue weighted by Gasteiger charge is -2.36. The van der Waals surface area contributed by atoms with Gasteiger partial charge in [0.15, 0.2) is 0 Å². The highest BCUT2D eigenvalue weighted by Crippen LogP contribution is 2.26. The minimum Gasteiger partial charge on any atom is -0.481 e. The van der Waals surface area contributed by atoms with Crippen molar-refractivity contribution in [3.05, 3.63) is 34.6 Å². The molecule has 0 saturated carbocycles. The third-order valence-corrected chi connectivity index (χ3v) is 4.06. The highest BCUT2D eigenvalue weighted by molar-refractivity contribution is 6.30. The molecule has 104 valence electrons. The van der Waals surface area contributed by atoms with Crippen molar-refractivity contribution in [1.82, 2.24) is 4.90 Å². The third kappa shape index (κ3) is 3.25. The summed E-state index contributed by atoms with van der Waals surface area (Å²) in [5.74, 6) is -1.55. The van der Waals surface area contributed by atoms with E-state index in [1.165, 1.54) is 6.07 Å². The molecule has 0 amide bonds. The number of benzene rings is 1. The molecule has 0 aromatic heterocycles. The van der Waals surface area contributed by atoms with Crippen LogP contribution in [0.15, 0.2) is 18.2 Å². The van der Waals surface area contributed by atoms with Crippen molar-refractivity contribution in [3.63, 3.8) is 0 Å². The van der Waals surface area contributed by atoms with E-state index in [2.05, 4.69) is 0 Å². The predicted molar refractivity (Wildman–Crippen MR) is 71.6 cm³/mol. The first-order chi connectivity index (χ1) is 8.99. The van der Waals surface area contributed by atoms with Crippen molar-refractivity contribution in [2.45, 2.75) is 32.4 Å². The molecule has 1 aliphatic heterocycles. The molecule has 3 nitrogen and oxygen atoms in total. The molecule has 1 fully saturated rings. The van der Waals surface area contributed by atoms with E-state index in [9.17, 15) is 9.18 Å². The molecule has 0 spiro atoms. The SMILES string of the molecule is CC1CCC(C(=O)O)CN1Cc1cccc(Cl)c1F. The van der Waals surface area contributed by atoms with Crippen LogP contribution in [0.2, 0.25) is 5.02 Å². The maximum atomic E-state index is 13.9. The van der Waals surface area contributed by atoms with Gasteiger partial charge in [0.1, 0.15) is 5.82 Å². The van der Waals surface area contributed by atoms with E-state index in [-0.39, 0.29) is 17.0 Å². The van der Waals surface area contributed by atoms with Gasteiger partial charge in [0.25, 0.3) is 0 Å². The second-order valence-corrected chi connectivity index (χ2v) is 5.51. The molecule has 0 radical (unpaired) electrons. The zero-order valence-electron chi connectivity index (χ0n) is 10.8. The maximum Gasteiger partial charge on any atom is 0.307 e. The monoisotopic (exact) mass is 285 g/mol. The largest absolute Gasteiger partial charge is 0.481 e. The summed E-state index contributed by atoms with van der Waals surface area (Å²) in [6.07, 6.45) is 1.50. The van der Waals surface area contributed by atoms with Crippen molar-refractivity contribution in [3.8, 4) is 0 Å². The molecule has 2 rings (SSSR count). The number of likely N-dealkylation sites (tertiary alicyclic amines) is 1. The number of rotatable bonds is 3. The summed E-state index contributed by atoms with van der Waals surface area (Å²) in [5, 5.41) is 9.19. The number of carboxylic acid groups (broad SMARTS) is 1. The van der Waals surface area contributed by atoms with Crippen LogP contribution in [0.5, 0.6) is 0 Å². The molecule has 5 heteroatoms. The number of hydrogen-bond donors (Lipinski definition) is 1. The van der Waals surface area contributed by atoms with Gasteiger partial charge in [-0.15, -0.1) is 0 Å². The summed E-state index contributed by atoms with van der Waals surface area (Å²) in [6.45, 7) is 2.90. The third-order valence-electron chi connectivity index (χ3n) is 3.77. The molecular weight excluding hydrogens is 269 g/mol. The Bertz CT molecular complexity index is 481. The molecule has 0 aliphatic carbocycles. The van der Waals surface area contributed by atoms with Gasteiger partial charge in [-0.1, -0.05) is 23.7 Å². The Labute approximate surface area is 117 Å². The Hall–Kier alpha value is -1.13. The Balaban J connectivity index is 2.12. The Morgan fingerprint density at radius 1 is 1.53 bits per heavy atom. The van der Waals surface area contributed by atoms with Crippen LogP contribution >= 0.6 is 11.6 Å². The molecule has 19 heavy (non-hydrogen) atoms. The summed E-state index contributed by atoms with van der Waals surface area (Å²) in [4.78, 5) is 13.1. The van der Waals surface area contributed by atoms with Gasteiger partial charge in [0, 0.05) is 24.7 Å². The van der Waals surface area contributed by atoms with Gasteiger partial charge in [0.2, 0.25) is 0 Å². The average molecular weight is 286 g/mol. The van der Waals surface area contributed by atoms with E-state index in [0.717, 1.165) is 6.42 Å². The smallest absolute Gasteiger partial charge is 0.307 e. The van der Waals surface area contributed by atoms with Gasteiger partial charge < -0.3 is 5.11 Å². The van der Waals surface area contributed by atoms with Crippen LogP contribution < -0.4 is 0 Å². The van der Waals surface area contributed by atoms with Crippen molar-refractivity contribution < 1.29 is 14.3 Å². The highest BCUT2D eigenvalue weighted by atomic mass is 35.5. The lowest BCUT2D eigenvalue weighted by atomic mass is 9.93. The van der Waals surface area contributed by atoms with Gasteiger partial charge in [-0.2, -0.15) is 0 Å². The van der Waals surface area contributed by atoms with Crippen LogP contribution in [0.1, 0.15) is 25.3 Å². The lowest BCUT2D eigenvalue weighted by molar-refractivity contribution is -0.144. The van der Waals surface area contributed by atoms with Crippen LogP contribution in [0.25, 0.3) is 0 Å². The second kappa shape index (κ2) is 5.88. The fourth-order valence-corrected chi connectivity index (χ4v) is 2.68. The predicted octanol–water partition coefficient (Wildman–Crippen LogP) is 3.16. The number of hydrogen-bond acceptors (Lipinski definition) is 2. The van der Waals surface area contributed by atoms with Crippen molar-refractivity contribution >= 4 is 17.6 Å². The van der Waals surface area contributed by atoms with E-state index in [1.54, 1.807) is 12.1 Å². The summed E-state index contributed by atoms with van der Waals surface area (Å²) < 4.78 is 13.9. The standard InChI is InChI=1S/C14H17ClFNO2/c1-9-5-6-11(14(18)19)8-17(9)7-10-3-2-4-12(15)13(10)16/h2-4,9,11H,5-8H2,1H3,(H,18,19). The van der Waals surface area contributed by atoms with Crippen molar-refractivity contribution in [2.24, 2.45) is 5.92 Å². The van der Waals surface area contributed by atoms with Crippen LogP contribution in [0.3, 0.4) is 0 Å². The fraction of sp³-hybridized carbons (Fsp3) is 0.500. The van der Waals surface area contributed by atoms with Gasteiger partial charge in [0.05, 0.1) is 10.9 Å². The summed E-state index contributed by atoms with van der Waals surface area (Å²) in [6, 6.07) is 5.18. The number of aliphatic carboxylic acids is 1. The Kier molecular flexibility index (Phi) is 4.42. The zero-order valence-corrected chi connectivity index (χ0v) is 11.5. The Morgan fingerprint density at radius 2 is 2.26 bits per heavy atom. The number of carboxylic acids is 1. The number of carbonyl (C=O) groups is 1. The minimum atomic E-state index is -0.775. The van der Waals surface area contributed by atoms with Crippen LogP contribution in [0, 0.1) is 11.7 Å². The van der Waals surface area contributed by atoms with Gasteiger partial charge in [-0.05, 0) is 25.8 Å². The van der Waals surface area contributed by atoms with E-state index in [0.29, 0.717) is 25.1 Å². The molecule has 1 aromatic carbocycles. The zero-order chi connectivity index (χ0) is 14.0. The summed E-state index contributed by atoms with van der Waals surface area (Å²) in [7, 11) is 0. The van der Waals surface area contributed by atoms with Crippen molar-refractivity contribution in [2.75, 3.05) is 6.54 Å². The highest BCUT2D eigenvalue weighted by Gasteiger charge is 2.30. The first-order valence-corrected chi connectivity index (χ1v) is 6.76. The number of halogens is 2. The molecule has 0 bridgehead atoms. The molecule has 1 aliphatic rings. The van der Waals surface area contributed by atoms with Crippen molar-refractivity contribution in [1.29, 1.82) is 0 Å². The molecule has 1 heterocycles. The summed E-state index contributed by atoms with van der Waals surface area (Å²) >= 11 is 5.76. The second-order valence-electron chi connectivity index (χ2n) is 5.10. The van der Waals surface area contributed by atoms with Gasteiger partial charge in [-0.25, -0.2) is 4.39 Å². The Morgan fingerprint density at radius 3 is 2.95 bits per heavy atom. The van der Waals surface area contributed by atoms with E-state index < -0.39 is 11.8 Å².